The average Bonchev–Trinajstić information content (AvgIpc) is 2.38. The molecule has 1 aromatic carbocycles. The fourth-order valence-corrected chi connectivity index (χ4v) is 2.71. The van der Waals surface area contributed by atoms with Crippen LogP contribution >= 0.6 is 0 Å². The second kappa shape index (κ2) is 5.95. The van der Waals surface area contributed by atoms with Gasteiger partial charge in [0.1, 0.15) is 5.75 Å². The first kappa shape index (κ1) is 13.7. The molecule has 19 heavy (non-hydrogen) atoms. The van der Waals surface area contributed by atoms with Crippen molar-refractivity contribution >= 4 is 11.7 Å². The summed E-state index contributed by atoms with van der Waals surface area (Å²) in [6.07, 6.45) is 1.20. The Balaban J connectivity index is 1.96. The van der Waals surface area contributed by atoms with Gasteiger partial charge in [0.2, 0.25) is 0 Å². The number of urea groups is 1. The van der Waals surface area contributed by atoms with Crippen LogP contribution in [0.5, 0.6) is 5.75 Å². The van der Waals surface area contributed by atoms with E-state index in [1.807, 2.05) is 29.2 Å². The van der Waals surface area contributed by atoms with Gasteiger partial charge in [0.05, 0.1) is 7.11 Å². The summed E-state index contributed by atoms with van der Waals surface area (Å²) < 4.78 is 5.10. The van der Waals surface area contributed by atoms with Crippen LogP contribution < -0.4 is 10.1 Å². The summed E-state index contributed by atoms with van der Waals surface area (Å²) >= 11 is 0. The summed E-state index contributed by atoms with van der Waals surface area (Å²) in [6, 6.07) is 7.39. The molecule has 2 amide bonds. The summed E-state index contributed by atoms with van der Waals surface area (Å²) in [5.41, 5.74) is 0.802. The highest BCUT2D eigenvalue weighted by atomic mass is 16.5. The van der Waals surface area contributed by atoms with Crippen molar-refractivity contribution in [3.63, 3.8) is 0 Å². The molecule has 1 N–H and O–H groups in total. The van der Waals surface area contributed by atoms with E-state index in [4.69, 9.17) is 4.74 Å². The number of carbonyl (C=O) groups excluding carboxylic acids is 1. The molecule has 1 heterocycles. The van der Waals surface area contributed by atoms with Crippen LogP contribution in [-0.2, 0) is 0 Å². The Hall–Kier alpha value is -1.71. The Morgan fingerprint density at radius 1 is 1.21 bits per heavy atom. The molecule has 1 aromatic rings. The number of likely N-dealkylation sites (tertiary alicyclic amines) is 1. The number of hydrogen-bond donors (Lipinski definition) is 1. The Labute approximate surface area is 114 Å². The summed E-state index contributed by atoms with van der Waals surface area (Å²) in [5.74, 6) is 1.94. The number of carbonyl (C=O) groups is 1. The fraction of sp³-hybridized carbons (Fsp3) is 0.533. The predicted molar refractivity (Wildman–Crippen MR) is 76.5 cm³/mol. The van der Waals surface area contributed by atoms with Crippen molar-refractivity contribution in [2.45, 2.75) is 20.3 Å². The van der Waals surface area contributed by atoms with Gasteiger partial charge in [-0.3, -0.25) is 0 Å². The quantitative estimate of drug-likeness (QED) is 0.889. The van der Waals surface area contributed by atoms with E-state index in [0.717, 1.165) is 24.5 Å². The second-order valence-electron chi connectivity index (χ2n) is 5.51. The third kappa shape index (κ3) is 3.63. The molecule has 0 aromatic heterocycles. The minimum absolute atomic E-state index is 0.0106. The lowest BCUT2D eigenvalue weighted by atomic mass is 9.92. The molecule has 1 aliphatic heterocycles. The van der Waals surface area contributed by atoms with Crippen LogP contribution in [0, 0.1) is 11.8 Å². The van der Waals surface area contributed by atoms with E-state index in [9.17, 15) is 4.79 Å². The van der Waals surface area contributed by atoms with E-state index in [0.29, 0.717) is 11.8 Å². The van der Waals surface area contributed by atoms with E-state index >= 15 is 0 Å². The van der Waals surface area contributed by atoms with E-state index < -0.39 is 0 Å². The Morgan fingerprint density at radius 2 is 1.79 bits per heavy atom. The first-order valence-corrected chi connectivity index (χ1v) is 6.78. The van der Waals surface area contributed by atoms with Crippen molar-refractivity contribution < 1.29 is 9.53 Å². The zero-order valence-corrected chi connectivity index (χ0v) is 11.8. The first-order valence-electron chi connectivity index (χ1n) is 6.78. The van der Waals surface area contributed by atoms with Crippen molar-refractivity contribution in [2.75, 3.05) is 25.5 Å². The van der Waals surface area contributed by atoms with Gasteiger partial charge in [0.15, 0.2) is 0 Å². The largest absolute Gasteiger partial charge is 0.497 e. The minimum atomic E-state index is -0.0106. The zero-order valence-electron chi connectivity index (χ0n) is 11.8. The number of hydrogen-bond acceptors (Lipinski definition) is 2. The Kier molecular flexibility index (Phi) is 4.30. The van der Waals surface area contributed by atoms with Crippen LogP contribution in [0.1, 0.15) is 20.3 Å². The monoisotopic (exact) mass is 262 g/mol. The molecule has 2 rings (SSSR count). The van der Waals surface area contributed by atoms with Gasteiger partial charge in [0, 0.05) is 18.8 Å². The molecular weight excluding hydrogens is 240 g/mol. The molecule has 0 radical (unpaired) electrons. The number of benzene rings is 1. The highest BCUT2D eigenvalue weighted by molar-refractivity contribution is 5.89. The van der Waals surface area contributed by atoms with Gasteiger partial charge < -0.3 is 15.0 Å². The molecule has 4 heteroatoms. The normalized spacial score (nSPS) is 23.0. The summed E-state index contributed by atoms with van der Waals surface area (Å²) in [5, 5.41) is 2.94. The van der Waals surface area contributed by atoms with E-state index in [1.54, 1.807) is 7.11 Å². The third-order valence-electron chi connectivity index (χ3n) is 3.50. The maximum atomic E-state index is 12.2. The van der Waals surface area contributed by atoms with Crippen LogP contribution in [0.2, 0.25) is 0 Å². The standard InChI is InChI=1S/C15H22N2O2/c1-11-8-12(2)10-17(9-11)15(18)16-13-4-6-14(19-3)7-5-13/h4-7,11-12H,8-10H2,1-3H3,(H,16,18)/t11-,12-/m0/s1. The summed E-state index contributed by atoms with van der Waals surface area (Å²) in [4.78, 5) is 14.1. The molecule has 1 aliphatic rings. The van der Waals surface area contributed by atoms with Crippen LogP contribution in [0.25, 0.3) is 0 Å². The molecule has 2 atom stereocenters. The smallest absolute Gasteiger partial charge is 0.321 e. The van der Waals surface area contributed by atoms with Crippen molar-refractivity contribution in [3.8, 4) is 5.75 Å². The number of piperidine rings is 1. The number of ether oxygens (including phenoxy) is 1. The van der Waals surface area contributed by atoms with Crippen LogP contribution in [0.15, 0.2) is 24.3 Å². The SMILES string of the molecule is COc1ccc(NC(=O)N2C[C@@H](C)C[C@H](C)C2)cc1. The fourth-order valence-electron chi connectivity index (χ4n) is 2.71. The minimum Gasteiger partial charge on any atom is -0.497 e. The van der Waals surface area contributed by atoms with Crippen LogP contribution in [-0.4, -0.2) is 31.1 Å². The number of anilines is 1. The number of nitrogens with zero attached hydrogens (tertiary/aromatic N) is 1. The first-order chi connectivity index (χ1) is 9.08. The molecule has 0 aliphatic carbocycles. The van der Waals surface area contributed by atoms with E-state index in [-0.39, 0.29) is 6.03 Å². The number of methoxy groups -OCH3 is 1. The van der Waals surface area contributed by atoms with Crippen molar-refractivity contribution in [1.29, 1.82) is 0 Å². The number of amides is 2. The van der Waals surface area contributed by atoms with Gasteiger partial charge in [0.25, 0.3) is 0 Å². The maximum Gasteiger partial charge on any atom is 0.321 e. The second-order valence-corrected chi connectivity index (χ2v) is 5.51. The van der Waals surface area contributed by atoms with E-state index in [2.05, 4.69) is 19.2 Å². The lowest BCUT2D eigenvalue weighted by Gasteiger charge is -2.34. The van der Waals surface area contributed by atoms with Crippen molar-refractivity contribution in [3.05, 3.63) is 24.3 Å². The predicted octanol–water partition coefficient (Wildman–Crippen LogP) is 3.21. The molecule has 0 bridgehead atoms. The van der Waals surface area contributed by atoms with E-state index in [1.165, 1.54) is 6.42 Å². The van der Waals surface area contributed by atoms with Gasteiger partial charge >= 0.3 is 6.03 Å². The molecule has 0 saturated carbocycles. The molecule has 1 saturated heterocycles. The number of rotatable bonds is 2. The van der Waals surface area contributed by atoms with Gasteiger partial charge in [-0.05, 0) is 42.5 Å². The lowest BCUT2D eigenvalue weighted by molar-refractivity contribution is 0.156. The van der Waals surface area contributed by atoms with Gasteiger partial charge in [-0.25, -0.2) is 4.79 Å². The van der Waals surface area contributed by atoms with Crippen LogP contribution in [0.3, 0.4) is 0 Å². The van der Waals surface area contributed by atoms with Crippen molar-refractivity contribution in [2.24, 2.45) is 11.8 Å². The van der Waals surface area contributed by atoms with Gasteiger partial charge in [-0.1, -0.05) is 13.8 Å². The number of nitrogens with one attached hydrogen (secondary N) is 1. The zero-order chi connectivity index (χ0) is 13.8. The summed E-state index contributed by atoms with van der Waals surface area (Å²) in [6.45, 7) is 6.07. The van der Waals surface area contributed by atoms with Gasteiger partial charge in [-0.15, -0.1) is 0 Å². The lowest BCUT2D eigenvalue weighted by Crippen LogP contribution is -2.44. The molecule has 0 spiro atoms. The average molecular weight is 262 g/mol. The highest BCUT2D eigenvalue weighted by Gasteiger charge is 2.25. The molecular formula is C15H22N2O2. The molecule has 1 fully saturated rings. The topological polar surface area (TPSA) is 41.6 Å². The van der Waals surface area contributed by atoms with Crippen molar-refractivity contribution in [1.82, 2.24) is 4.90 Å². The molecule has 104 valence electrons. The Morgan fingerprint density at radius 3 is 2.32 bits per heavy atom. The third-order valence-corrected chi connectivity index (χ3v) is 3.50. The van der Waals surface area contributed by atoms with Crippen LogP contribution in [0.4, 0.5) is 10.5 Å². The molecule has 4 nitrogen and oxygen atoms in total. The summed E-state index contributed by atoms with van der Waals surface area (Å²) in [7, 11) is 1.63. The van der Waals surface area contributed by atoms with Gasteiger partial charge in [-0.2, -0.15) is 0 Å². The highest BCUT2D eigenvalue weighted by Crippen LogP contribution is 2.22. The molecule has 0 unspecified atom stereocenters. The maximum absolute atomic E-state index is 12.2. The Bertz CT molecular complexity index is 420.